The van der Waals surface area contributed by atoms with E-state index in [4.69, 9.17) is 0 Å². The second-order valence-electron chi connectivity index (χ2n) is 28.4. The van der Waals surface area contributed by atoms with Gasteiger partial charge in [0.1, 0.15) is 0 Å². The third-order valence-corrected chi connectivity index (χ3v) is 16.6. The normalized spacial score (nSPS) is 16.1. The predicted octanol–water partition coefficient (Wildman–Crippen LogP) is 17.5. The van der Waals surface area contributed by atoms with E-state index in [-0.39, 0.29) is 44.6 Å². The third-order valence-electron chi connectivity index (χ3n) is 16.6. The van der Waals surface area contributed by atoms with Crippen LogP contribution in [-0.2, 0) is 37.9 Å². The molecule has 0 bridgehead atoms. The molecule has 3 aliphatic rings. The molecule has 370 valence electrons. The molecule has 7 aromatic rings. The number of benzene rings is 7. The van der Waals surface area contributed by atoms with Gasteiger partial charge in [-0.05, 0) is 171 Å². The lowest BCUT2D eigenvalue weighted by Crippen LogP contribution is -2.62. The SMILES string of the molecule is CC(C)(C)c1ccc(-c2cccc(-c3cc(C(C)(C)C)ccc3N3c4cc5c(cc4B4c6cc(C(C)(C)C)ccc6N(c6ccc(C(C)(C)C)cc6)c6cc(C(C)(C)C)cc3c64)C(C)(C)CC5(C)C)c2)cc1. The molecule has 0 fully saturated rings. The van der Waals surface area contributed by atoms with Crippen LogP contribution in [0.25, 0.3) is 22.3 Å². The summed E-state index contributed by atoms with van der Waals surface area (Å²) >= 11 is 0. The molecule has 0 radical (unpaired) electrons. The average Bonchev–Trinajstić information content (AvgIpc) is 3.47. The summed E-state index contributed by atoms with van der Waals surface area (Å²) in [4.78, 5) is 5.33. The van der Waals surface area contributed by atoms with Gasteiger partial charge in [0, 0.05) is 34.0 Å². The largest absolute Gasteiger partial charge is 0.311 e. The Morgan fingerprint density at radius 2 is 0.819 bits per heavy atom. The number of nitrogens with zero attached hydrogens (tertiary/aromatic N) is 2. The molecule has 0 saturated carbocycles. The Hall–Kier alpha value is -5.80. The van der Waals surface area contributed by atoms with E-state index in [9.17, 15) is 0 Å². The Bertz CT molecular complexity index is 3270. The van der Waals surface area contributed by atoms with Crippen molar-refractivity contribution in [2.45, 2.75) is 176 Å². The maximum atomic E-state index is 2.72. The van der Waals surface area contributed by atoms with Gasteiger partial charge in [-0.15, -0.1) is 0 Å². The maximum Gasteiger partial charge on any atom is 0.252 e. The van der Waals surface area contributed by atoms with Crippen molar-refractivity contribution in [1.82, 2.24) is 0 Å². The fraction of sp³-hybridized carbons (Fsp3) is 0.391. The van der Waals surface area contributed by atoms with Crippen molar-refractivity contribution in [3.05, 3.63) is 172 Å². The molecule has 0 spiro atoms. The minimum Gasteiger partial charge on any atom is -0.311 e. The highest BCUT2D eigenvalue weighted by Gasteiger charge is 2.49. The molecule has 0 atom stereocenters. The summed E-state index contributed by atoms with van der Waals surface area (Å²) in [7, 11) is 0. The minimum absolute atomic E-state index is 0.00785. The molecule has 10 rings (SSSR count). The molecule has 2 aliphatic heterocycles. The third kappa shape index (κ3) is 8.45. The number of rotatable bonds is 4. The standard InChI is InChI=1S/C69H81BN2/c1-63(2,3)46-25-23-43(24-26-46)44-21-20-22-45(35-44)52-36-48(65(7,8)9)29-33-57(52)72-59-41-54-53(68(16,17)42-69(54,18)19)40-56(59)70-55-37-49(66(10,11)12)30-34-58(55)71(51-31-27-47(28-32-51)64(4,5)6)60-38-50(67(13,14)15)39-61(72)62(60)70/h20-41H,42H2,1-19H3. The summed E-state index contributed by atoms with van der Waals surface area (Å²) in [5.41, 5.74) is 26.2. The molecule has 0 unspecified atom stereocenters. The van der Waals surface area contributed by atoms with Gasteiger partial charge in [-0.3, -0.25) is 0 Å². The van der Waals surface area contributed by atoms with Gasteiger partial charge in [0.05, 0.1) is 5.69 Å². The van der Waals surface area contributed by atoms with Gasteiger partial charge < -0.3 is 9.80 Å². The van der Waals surface area contributed by atoms with E-state index in [1.165, 1.54) is 112 Å². The van der Waals surface area contributed by atoms with Crippen LogP contribution in [0.5, 0.6) is 0 Å². The maximum absolute atomic E-state index is 2.72. The first-order valence-electron chi connectivity index (χ1n) is 26.9. The van der Waals surface area contributed by atoms with Crippen molar-refractivity contribution >= 4 is 57.2 Å². The quantitative estimate of drug-likeness (QED) is 0.162. The molecule has 2 nitrogen and oxygen atoms in total. The lowest BCUT2D eigenvalue weighted by molar-refractivity contribution is 0.403. The monoisotopic (exact) mass is 949 g/mol. The Morgan fingerprint density at radius 3 is 1.38 bits per heavy atom. The highest BCUT2D eigenvalue weighted by Crippen LogP contribution is 2.54. The fourth-order valence-electron chi connectivity index (χ4n) is 12.5. The number of hydrogen-bond donors (Lipinski definition) is 0. The van der Waals surface area contributed by atoms with Crippen molar-refractivity contribution < 1.29 is 0 Å². The first-order chi connectivity index (χ1) is 33.3. The van der Waals surface area contributed by atoms with Crippen LogP contribution in [0.15, 0.2) is 133 Å². The van der Waals surface area contributed by atoms with Gasteiger partial charge in [0.2, 0.25) is 0 Å². The summed E-state index contributed by atoms with van der Waals surface area (Å²) in [6.07, 6.45) is 1.10. The predicted molar refractivity (Wildman–Crippen MR) is 316 cm³/mol. The van der Waals surface area contributed by atoms with Crippen LogP contribution in [0.2, 0.25) is 0 Å². The van der Waals surface area contributed by atoms with Crippen molar-refractivity contribution in [1.29, 1.82) is 0 Å². The van der Waals surface area contributed by atoms with Gasteiger partial charge in [-0.2, -0.15) is 0 Å². The molecular weight excluding hydrogens is 868 g/mol. The second kappa shape index (κ2) is 16.4. The van der Waals surface area contributed by atoms with E-state index in [1.54, 1.807) is 0 Å². The molecule has 0 aromatic heterocycles. The highest BCUT2D eigenvalue weighted by molar-refractivity contribution is 7.00. The Labute approximate surface area is 435 Å². The Kier molecular flexibility index (Phi) is 11.3. The van der Waals surface area contributed by atoms with Crippen LogP contribution >= 0.6 is 0 Å². The van der Waals surface area contributed by atoms with Gasteiger partial charge >= 0.3 is 0 Å². The van der Waals surface area contributed by atoms with Gasteiger partial charge in [0.15, 0.2) is 0 Å². The molecule has 2 heterocycles. The molecule has 0 saturated heterocycles. The highest BCUT2D eigenvalue weighted by atomic mass is 15.2. The summed E-state index contributed by atoms with van der Waals surface area (Å²) in [5, 5.41) is 0. The van der Waals surface area contributed by atoms with Gasteiger partial charge in [0.25, 0.3) is 6.71 Å². The lowest BCUT2D eigenvalue weighted by Gasteiger charge is -2.46. The van der Waals surface area contributed by atoms with Crippen LogP contribution in [-0.4, -0.2) is 6.71 Å². The second-order valence-corrected chi connectivity index (χ2v) is 28.4. The zero-order valence-electron chi connectivity index (χ0n) is 47.4. The van der Waals surface area contributed by atoms with Crippen molar-refractivity contribution in [2.75, 3.05) is 9.80 Å². The number of fused-ring (bicyclic) bond motifs is 5. The Balaban J connectivity index is 1.33. The first-order valence-corrected chi connectivity index (χ1v) is 26.9. The van der Waals surface area contributed by atoms with Crippen LogP contribution in [0.4, 0.5) is 34.1 Å². The van der Waals surface area contributed by atoms with Crippen molar-refractivity contribution in [2.24, 2.45) is 0 Å². The van der Waals surface area contributed by atoms with E-state index in [0.717, 1.165) is 6.42 Å². The van der Waals surface area contributed by atoms with Crippen molar-refractivity contribution in [3.8, 4) is 22.3 Å². The molecule has 7 aromatic carbocycles. The van der Waals surface area contributed by atoms with Crippen LogP contribution < -0.4 is 26.2 Å². The number of anilines is 6. The fourth-order valence-corrected chi connectivity index (χ4v) is 12.5. The van der Waals surface area contributed by atoms with Crippen LogP contribution in [0.1, 0.15) is 177 Å². The van der Waals surface area contributed by atoms with E-state index < -0.39 is 0 Å². The van der Waals surface area contributed by atoms with Crippen LogP contribution in [0.3, 0.4) is 0 Å². The zero-order chi connectivity index (χ0) is 52.0. The first kappa shape index (κ1) is 49.8. The van der Waals surface area contributed by atoms with Crippen LogP contribution in [0, 0.1) is 0 Å². The summed E-state index contributed by atoms with van der Waals surface area (Å²) in [6, 6.07) is 53.3. The average molecular weight is 949 g/mol. The van der Waals surface area contributed by atoms with E-state index >= 15 is 0 Å². The summed E-state index contributed by atoms with van der Waals surface area (Å²) in [5.74, 6) is 0. The van der Waals surface area contributed by atoms with E-state index in [2.05, 4.69) is 275 Å². The molecule has 3 heteroatoms. The molecule has 72 heavy (non-hydrogen) atoms. The van der Waals surface area contributed by atoms with Gasteiger partial charge in [-0.25, -0.2) is 0 Å². The Morgan fingerprint density at radius 1 is 0.361 bits per heavy atom. The van der Waals surface area contributed by atoms with E-state index in [1.807, 2.05) is 0 Å². The van der Waals surface area contributed by atoms with Gasteiger partial charge in [-0.1, -0.05) is 210 Å². The summed E-state index contributed by atoms with van der Waals surface area (Å²) < 4.78 is 0. The molecule has 0 N–H and O–H groups in total. The molecule has 1 aliphatic carbocycles. The minimum atomic E-state index is -0.134. The lowest BCUT2D eigenvalue weighted by atomic mass is 9.33. The number of hydrogen-bond acceptors (Lipinski definition) is 2. The van der Waals surface area contributed by atoms with E-state index in [0.29, 0.717) is 0 Å². The molecular formula is C69H81BN2. The summed E-state index contributed by atoms with van der Waals surface area (Å²) in [6.45, 7) is 45.0. The topological polar surface area (TPSA) is 6.48 Å². The zero-order valence-corrected chi connectivity index (χ0v) is 47.4. The van der Waals surface area contributed by atoms with Crippen molar-refractivity contribution in [3.63, 3.8) is 0 Å². The smallest absolute Gasteiger partial charge is 0.252 e. The molecule has 0 amide bonds.